The highest BCUT2D eigenvalue weighted by Crippen LogP contribution is 2.34. The summed E-state index contributed by atoms with van der Waals surface area (Å²) >= 11 is 1.73. The lowest BCUT2D eigenvalue weighted by atomic mass is 10.2. The third-order valence-corrected chi connectivity index (χ3v) is 5.14. The van der Waals surface area contributed by atoms with Crippen LogP contribution in [0.4, 0.5) is 5.69 Å². The van der Waals surface area contributed by atoms with Crippen molar-refractivity contribution in [2.24, 2.45) is 0 Å². The molecule has 1 amide bonds. The number of hydrogen-bond donors (Lipinski definition) is 1. The molecule has 0 aliphatic carbocycles. The zero-order valence-electron chi connectivity index (χ0n) is 13.7. The fourth-order valence-corrected chi connectivity index (χ4v) is 3.80. The van der Waals surface area contributed by atoms with E-state index in [9.17, 15) is 4.79 Å². The van der Waals surface area contributed by atoms with Crippen LogP contribution in [0.25, 0.3) is 10.2 Å². The fourth-order valence-electron chi connectivity index (χ4n) is 2.79. The van der Waals surface area contributed by atoms with E-state index in [2.05, 4.69) is 16.4 Å². The van der Waals surface area contributed by atoms with Gasteiger partial charge in [-0.2, -0.15) is 0 Å². The quantitative estimate of drug-likeness (QED) is 0.668. The largest absolute Gasteiger partial charge is 0.454 e. The van der Waals surface area contributed by atoms with E-state index in [0.717, 1.165) is 35.5 Å². The highest BCUT2D eigenvalue weighted by atomic mass is 32.1. The maximum Gasteiger partial charge on any atom is 0.231 e. The van der Waals surface area contributed by atoms with Crippen molar-refractivity contribution in [3.8, 4) is 11.5 Å². The summed E-state index contributed by atoms with van der Waals surface area (Å²) in [6.45, 7) is 0.235. The Morgan fingerprint density at radius 3 is 2.92 bits per heavy atom. The first-order valence-corrected chi connectivity index (χ1v) is 9.13. The number of benzene rings is 2. The van der Waals surface area contributed by atoms with E-state index in [0.29, 0.717) is 17.9 Å². The van der Waals surface area contributed by atoms with Gasteiger partial charge in [0.1, 0.15) is 0 Å². The summed E-state index contributed by atoms with van der Waals surface area (Å²) in [6, 6.07) is 13.6. The number of amides is 1. The van der Waals surface area contributed by atoms with Gasteiger partial charge in [0, 0.05) is 18.2 Å². The molecule has 2 aromatic carbocycles. The lowest BCUT2D eigenvalue weighted by molar-refractivity contribution is -0.116. The monoisotopic (exact) mass is 354 g/mol. The molecule has 25 heavy (non-hydrogen) atoms. The van der Waals surface area contributed by atoms with Crippen LogP contribution in [0.5, 0.6) is 11.5 Å². The summed E-state index contributed by atoms with van der Waals surface area (Å²) < 4.78 is 11.8. The minimum absolute atomic E-state index is 0.0168. The number of nitrogens with one attached hydrogen (secondary N) is 1. The van der Waals surface area contributed by atoms with Gasteiger partial charge in [-0.25, -0.2) is 4.98 Å². The number of rotatable bonds is 6. The number of aromatic nitrogens is 1. The number of carbonyl (C=O) groups is 1. The van der Waals surface area contributed by atoms with Crippen molar-refractivity contribution < 1.29 is 14.3 Å². The summed E-state index contributed by atoms with van der Waals surface area (Å²) in [6.07, 6.45) is 3.21. The second-order valence-electron chi connectivity index (χ2n) is 5.90. The Morgan fingerprint density at radius 2 is 2.00 bits per heavy atom. The normalized spacial score (nSPS) is 12.5. The Bertz CT molecular complexity index is 874. The van der Waals surface area contributed by atoms with Crippen LogP contribution in [0.15, 0.2) is 42.5 Å². The van der Waals surface area contributed by atoms with Crippen LogP contribution < -0.4 is 14.8 Å². The van der Waals surface area contributed by atoms with E-state index in [-0.39, 0.29) is 12.7 Å². The summed E-state index contributed by atoms with van der Waals surface area (Å²) in [5.41, 5.74) is 1.79. The van der Waals surface area contributed by atoms with Crippen LogP contribution >= 0.6 is 11.3 Å². The van der Waals surface area contributed by atoms with Crippen molar-refractivity contribution in [1.82, 2.24) is 4.98 Å². The lowest BCUT2D eigenvalue weighted by Crippen LogP contribution is -2.11. The molecule has 5 nitrogen and oxygen atoms in total. The van der Waals surface area contributed by atoms with Crippen LogP contribution in [0, 0.1) is 0 Å². The third kappa shape index (κ3) is 3.74. The molecule has 0 bridgehead atoms. The Hall–Kier alpha value is -2.60. The topological polar surface area (TPSA) is 60.5 Å². The number of unbranched alkanes of at least 4 members (excludes halogenated alkanes) is 1. The number of fused-ring (bicyclic) bond motifs is 2. The smallest absolute Gasteiger partial charge is 0.231 e. The van der Waals surface area contributed by atoms with Crippen LogP contribution in [-0.2, 0) is 11.2 Å². The zero-order valence-corrected chi connectivity index (χ0v) is 14.5. The average molecular weight is 354 g/mol. The number of carbonyl (C=O) groups excluding carboxylic acids is 1. The molecule has 128 valence electrons. The molecular formula is C19H18N2O3S. The lowest BCUT2D eigenvalue weighted by Gasteiger charge is -2.06. The van der Waals surface area contributed by atoms with Crippen LogP contribution in [-0.4, -0.2) is 17.7 Å². The summed E-state index contributed by atoms with van der Waals surface area (Å²) in [4.78, 5) is 16.7. The van der Waals surface area contributed by atoms with Crippen molar-refractivity contribution in [1.29, 1.82) is 0 Å². The summed E-state index contributed by atoms with van der Waals surface area (Å²) in [5.74, 6) is 1.41. The molecule has 3 aromatic rings. The molecule has 1 aliphatic heterocycles. The van der Waals surface area contributed by atoms with Gasteiger partial charge in [-0.15, -0.1) is 11.3 Å². The summed E-state index contributed by atoms with van der Waals surface area (Å²) in [7, 11) is 0. The van der Waals surface area contributed by atoms with Crippen LogP contribution in [0.3, 0.4) is 0 Å². The van der Waals surface area contributed by atoms with Crippen molar-refractivity contribution in [3.63, 3.8) is 0 Å². The molecule has 0 saturated heterocycles. The van der Waals surface area contributed by atoms with Gasteiger partial charge in [-0.3, -0.25) is 4.79 Å². The van der Waals surface area contributed by atoms with Crippen molar-refractivity contribution in [2.45, 2.75) is 25.7 Å². The Kier molecular flexibility index (Phi) is 4.52. The number of aryl methyl sites for hydroxylation is 1. The fraction of sp³-hybridized carbons (Fsp3) is 0.263. The van der Waals surface area contributed by atoms with Gasteiger partial charge in [0.2, 0.25) is 12.7 Å². The summed E-state index contributed by atoms with van der Waals surface area (Å²) in [5, 5.41) is 4.04. The Labute approximate surface area is 149 Å². The van der Waals surface area contributed by atoms with Gasteiger partial charge >= 0.3 is 0 Å². The Balaban J connectivity index is 1.23. The van der Waals surface area contributed by atoms with Gasteiger partial charge in [0.25, 0.3) is 0 Å². The van der Waals surface area contributed by atoms with Crippen molar-refractivity contribution in [3.05, 3.63) is 47.5 Å². The molecule has 0 atom stereocenters. The predicted octanol–water partition coefficient (Wildman–Crippen LogP) is 4.38. The Morgan fingerprint density at radius 1 is 1.12 bits per heavy atom. The minimum Gasteiger partial charge on any atom is -0.454 e. The minimum atomic E-state index is 0.0168. The van der Waals surface area contributed by atoms with Gasteiger partial charge < -0.3 is 14.8 Å². The van der Waals surface area contributed by atoms with E-state index in [1.807, 2.05) is 30.3 Å². The first-order chi connectivity index (χ1) is 12.3. The predicted molar refractivity (Wildman–Crippen MR) is 98.4 cm³/mol. The molecular weight excluding hydrogens is 336 g/mol. The number of anilines is 1. The molecule has 0 saturated carbocycles. The first-order valence-electron chi connectivity index (χ1n) is 8.32. The molecule has 2 heterocycles. The number of thiazole rings is 1. The molecule has 0 spiro atoms. The van der Waals surface area contributed by atoms with Crippen LogP contribution in [0.2, 0.25) is 0 Å². The number of hydrogen-bond acceptors (Lipinski definition) is 5. The molecule has 0 fully saturated rings. The highest BCUT2D eigenvalue weighted by Gasteiger charge is 2.14. The van der Waals surface area contributed by atoms with Gasteiger partial charge in [0.05, 0.1) is 15.2 Å². The maximum absolute atomic E-state index is 12.1. The molecule has 1 aromatic heterocycles. The first kappa shape index (κ1) is 15.9. The van der Waals surface area contributed by atoms with E-state index in [1.165, 1.54) is 4.70 Å². The SMILES string of the molecule is O=C(CCCCc1nc2ccccc2s1)Nc1ccc2c(c1)OCO2. The van der Waals surface area contributed by atoms with E-state index in [4.69, 9.17) is 9.47 Å². The number of para-hydroxylation sites is 1. The molecule has 4 rings (SSSR count). The number of ether oxygens (including phenoxy) is 2. The second kappa shape index (κ2) is 7.11. The molecule has 6 heteroatoms. The van der Waals surface area contributed by atoms with Gasteiger partial charge in [-0.1, -0.05) is 12.1 Å². The van der Waals surface area contributed by atoms with E-state index < -0.39 is 0 Å². The molecule has 0 radical (unpaired) electrons. The van der Waals surface area contributed by atoms with Crippen LogP contribution in [0.1, 0.15) is 24.3 Å². The molecule has 0 unspecified atom stereocenters. The number of nitrogens with zero attached hydrogens (tertiary/aromatic N) is 1. The highest BCUT2D eigenvalue weighted by molar-refractivity contribution is 7.18. The van der Waals surface area contributed by atoms with Crippen molar-refractivity contribution in [2.75, 3.05) is 12.1 Å². The standard InChI is InChI=1S/C19H18N2O3S/c22-18(20-13-9-10-15-16(11-13)24-12-23-15)7-3-4-8-19-21-14-5-1-2-6-17(14)25-19/h1-2,5-6,9-11H,3-4,7-8,12H2,(H,20,22). The van der Waals surface area contributed by atoms with E-state index in [1.54, 1.807) is 17.4 Å². The molecule has 1 aliphatic rings. The zero-order chi connectivity index (χ0) is 17.1. The molecule has 1 N–H and O–H groups in total. The average Bonchev–Trinajstić information content (AvgIpc) is 3.24. The third-order valence-electron chi connectivity index (χ3n) is 4.04. The second-order valence-corrected chi connectivity index (χ2v) is 7.01. The maximum atomic E-state index is 12.1. The van der Waals surface area contributed by atoms with Gasteiger partial charge in [-0.05, 0) is 43.5 Å². The van der Waals surface area contributed by atoms with Crippen molar-refractivity contribution >= 4 is 33.1 Å². The van der Waals surface area contributed by atoms with Gasteiger partial charge in [0.15, 0.2) is 11.5 Å². The van der Waals surface area contributed by atoms with E-state index >= 15 is 0 Å².